The quantitative estimate of drug-likeness (QED) is 0.786. The molecule has 0 aliphatic rings. The van der Waals surface area contributed by atoms with Crippen molar-refractivity contribution < 1.29 is 22.7 Å². The van der Waals surface area contributed by atoms with E-state index in [-0.39, 0.29) is 23.5 Å². The Balaban J connectivity index is 3.16. The molecule has 6 nitrogen and oxygen atoms in total. The molecule has 0 aromatic heterocycles. The number of benzene rings is 1. The van der Waals surface area contributed by atoms with E-state index in [0.717, 1.165) is 0 Å². The fourth-order valence-corrected chi connectivity index (χ4v) is 2.22. The Morgan fingerprint density at radius 2 is 2.06 bits per heavy atom. The van der Waals surface area contributed by atoms with Crippen LogP contribution >= 0.6 is 0 Å². The largest absolute Gasteiger partial charge is 0.497 e. The second-order valence-corrected chi connectivity index (χ2v) is 5.03. The number of esters is 1. The van der Waals surface area contributed by atoms with Gasteiger partial charge >= 0.3 is 5.97 Å². The summed E-state index contributed by atoms with van der Waals surface area (Å²) >= 11 is 0. The van der Waals surface area contributed by atoms with Gasteiger partial charge < -0.3 is 9.47 Å². The minimum absolute atomic E-state index is 0.101. The highest BCUT2D eigenvalue weighted by Gasteiger charge is 2.17. The first-order chi connectivity index (χ1) is 8.38. The molecule has 18 heavy (non-hydrogen) atoms. The van der Waals surface area contributed by atoms with Gasteiger partial charge in [0, 0.05) is 0 Å². The van der Waals surface area contributed by atoms with Crippen LogP contribution in [0.15, 0.2) is 23.1 Å². The van der Waals surface area contributed by atoms with E-state index in [1.807, 2.05) is 0 Å². The van der Waals surface area contributed by atoms with Crippen LogP contribution in [0.4, 0.5) is 0 Å². The van der Waals surface area contributed by atoms with Gasteiger partial charge in [-0.2, -0.15) is 0 Å². The number of methoxy groups -OCH3 is 1. The summed E-state index contributed by atoms with van der Waals surface area (Å²) in [5.74, 6) is -0.0719. The van der Waals surface area contributed by atoms with E-state index >= 15 is 0 Å². The summed E-state index contributed by atoms with van der Waals surface area (Å²) in [6.45, 7) is 1.90. The van der Waals surface area contributed by atoms with Gasteiger partial charge in [-0.25, -0.2) is 13.6 Å². The SMILES string of the molecule is CCOC(=O)Cc1cc(OC)ccc1S(N)(=O)=O. The van der Waals surface area contributed by atoms with Crippen molar-refractivity contribution in [2.45, 2.75) is 18.2 Å². The van der Waals surface area contributed by atoms with E-state index in [1.165, 1.54) is 25.3 Å². The molecule has 0 heterocycles. The predicted molar refractivity (Wildman–Crippen MR) is 64.7 cm³/mol. The van der Waals surface area contributed by atoms with Crippen LogP contribution in [0.3, 0.4) is 0 Å². The van der Waals surface area contributed by atoms with Crippen LogP contribution in [-0.2, 0) is 26.0 Å². The molecule has 0 atom stereocenters. The lowest BCUT2D eigenvalue weighted by atomic mass is 10.1. The van der Waals surface area contributed by atoms with Gasteiger partial charge in [-0.05, 0) is 30.7 Å². The molecule has 0 spiro atoms. The standard InChI is InChI=1S/C11H15NO5S/c1-3-17-11(13)7-8-6-9(16-2)4-5-10(8)18(12,14)15/h4-6H,3,7H2,1-2H3,(H2,12,14,15). The number of hydrogen-bond donors (Lipinski definition) is 1. The van der Waals surface area contributed by atoms with Gasteiger partial charge in [-0.3, -0.25) is 4.79 Å². The lowest BCUT2D eigenvalue weighted by molar-refractivity contribution is -0.142. The molecule has 0 saturated heterocycles. The van der Waals surface area contributed by atoms with Crippen molar-refractivity contribution in [3.8, 4) is 5.75 Å². The first kappa shape index (κ1) is 14.5. The average molecular weight is 273 g/mol. The van der Waals surface area contributed by atoms with Crippen LogP contribution in [0, 0.1) is 0 Å². The summed E-state index contributed by atoms with van der Waals surface area (Å²) in [5.41, 5.74) is 0.260. The zero-order chi connectivity index (χ0) is 13.8. The second kappa shape index (κ2) is 5.83. The molecule has 0 amide bonds. The molecule has 1 rings (SSSR count). The number of sulfonamides is 1. The Hall–Kier alpha value is -1.60. The van der Waals surface area contributed by atoms with E-state index in [4.69, 9.17) is 14.6 Å². The van der Waals surface area contributed by atoms with Crippen LogP contribution in [0.5, 0.6) is 5.75 Å². The van der Waals surface area contributed by atoms with Crippen molar-refractivity contribution in [3.05, 3.63) is 23.8 Å². The zero-order valence-electron chi connectivity index (χ0n) is 10.2. The third-order valence-electron chi connectivity index (χ3n) is 2.21. The van der Waals surface area contributed by atoms with Gasteiger partial charge in [0.1, 0.15) is 5.75 Å². The molecule has 1 aromatic rings. The van der Waals surface area contributed by atoms with Gasteiger partial charge in [-0.1, -0.05) is 0 Å². The third kappa shape index (κ3) is 3.71. The Morgan fingerprint density at radius 3 is 2.56 bits per heavy atom. The molecule has 0 fully saturated rings. The van der Waals surface area contributed by atoms with Crippen molar-refractivity contribution >= 4 is 16.0 Å². The van der Waals surface area contributed by atoms with Gasteiger partial charge in [0.2, 0.25) is 10.0 Å². The van der Waals surface area contributed by atoms with E-state index in [2.05, 4.69) is 0 Å². The highest BCUT2D eigenvalue weighted by Crippen LogP contribution is 2.21. The van der Waals surface area contributed by atoms with E-state index in [1.54, 1.807) is 6.92 Å². The highest BCUT2D eigenvalue weighted by atomic mass is 32.2. The molecule has 7 heteroatoms. The van der Waals surface area contributed by atoms with Crippen LogP contribution in [0.1, 0.15) is 12.5 Å². The molecule has 0 aliphatic heterocycles. The fourth-order valence-electron chi connectivity index (χ4n) is 1.47. The van der Waals surface area contributed by atoms with E-state index < -0.39 is 16.0 Å². The van der Waals surface area contributed by atoms with Crippen LogP contribution < -0.4 is 9.88 Å². The number of nitrogens with two attached hydrogens (primary N) is 1. The van der Waals surface area contributed by atoms with Crippen LogP contribution in [0.2, 0.25) is 0 Å². The first-order valence-electron chi connectivity index (χ1n) is 5.23. The highest BCUT2D eigenvalue weighted by molar-refractivity contribution is 7.89. The summed E-state index contributed by atoms with van der Waals surface area (Å²) in [7, 11) is -2.44. The number of rotatable bonds is 5. The van der Waals surface area contributed by atoms with Crippen LogP contribution in [0.25, 0.3) is 0 Å². The summed E-state index contributed by atoms with van der Waals surface area (Å²) in [6.07, 6.45) is -0.170. The topological polar surface area (TPSA) is 95.7 Å². The summed E-state index contributed by atoms with van der Waals surface area (Å²) < 4.78 is 32.5. The average Bonchev–Trinajstić information content (AvgIpc) is 2.27. The van der Waals surface area contributed by atoms with Gasteiger partial charge in [0.25, 0.3) is 0 Å². The first-order valence-corrected chi connectivity index (χ1v) is 6.78. The monoisotopic (exact) mass is 273 g/mol. The zero-order valence-corrected chi connectivity index (χ0v) is 11.0. The van der Waals surface area contributed by atoms with E-state index in [9.17, 15) is 13.2 Å². The number of primary sulfonamides is 1. The Labute approximate surface area is 106 Å². The second-order valence-electron chi connectivity index (χ2n) is 3.50. The normalized spacial score (nSPS) is 11.1. The van der Waals surface area contributed by atoms with Crippen molar-refractivity contribution in [2.75, 3.05) is 13.7 Å². The van der Waals surface area contributed by atoms with Crippen molar-refractivity contribution in [1.29, 1.82) is 0 Å². The van der Waals surface area contributed by atoms with E-state index in [0.29, 0.717) is 5.75 Å². The summed E-state index contributed by atoms with van der Waals surface area (Å²) in [4.78, 5) is 11.3. The third-order valence-corrected chi connectivity index (χ3v) is 3.23. The van der Waals surface area contributed by atoms with Gasteiger partial charge in [-0.15, -0.1) is 0 Å². The lowest BCUT2D eigenvalue weighted by Gasteiger charge is -2.09. The van der Waals surface area contributed by atoms with Crippen LogP contribution in [-0.4, -0.2) is 28.1 Å². The fraction of sp³-hybridized carbons (Fsp3) is 0.364. The maximum Gasteiger partial charge on any atom is 0.310 e. The van der Waals surface area contributed by atoms with Crippen molar-refractivity contribution in [2.24, 2.45) is 5.14 Å². The smallest absolute Gasteiger partial charge is 0.310 e. The molecule has 0 saturated carbocycles. The molecular weight excluding hydrogens is 258 g/mol. The minimum Gasteiger partial charge on any atom is -0.497 e. The number of carbonyl (C=O) groups excluding carboxylic acids is 1. The van der Waals surface area contributed by atoms with Gasteiger partial charge in [0.15, 0.2) is 0 Å². The molecular formula is C11H15NO5S. The maximum atomic E-state index is 11.4. The van der Waals surface area contributed by atoms with Gasteiger partial charge in [0.05, 0.1) is 25.0 Å². The number of hydrogen-bond acceptors (Lipinski definition) is 5. The molecule has 0 radical (unpaired) electrons. The number of carbonyl (C=O) groups is 1. The Bertz CT molecular complexity index is 538. The number of ether oxygens (including phenoxy) is 2. The minimum atomic E-state index is -3.88. The molecule has 0 bridgehead atoms. The maximum absolute atomic E-state index is 11.4. The Kier molecular flexibility index (Phi) is 4.69. The summed E-state index contributed by atoms with van der Waals surface area (Å²) in [6, 6.07) is 4.23. The summed E-state index contributed by atoms with van der Waals surface area (Å²) in [5, 5.41) is 5.08. The van der Waals surface area contributed by atoms with Crippen molar-refractivity contribution in [3.63, 3.8) is 0 Å². The molecule has 100 valence electrons. The lowest BCUT2D eigenvalue weighted by Crippen LogP contribution is -2.17. The Morgan fingerprint density at radius 1 is 1.39 bits per heavy atom. The predicted octanol–water partition coefficient (Wildman–Crippen LogP) is 0.448. The molecule has 2 N–H and O–H groups in total. The van der Waals surface area contributed by atoms with Crippen molar-refractivity contribution in [1.82, 2.24) is 0 Å². The molecule has 0 unspecified atom stereocenters. The molecule has 0 aliphatic carbocycles. The molecule has 1 aromatic carbocycles.